The minimum Gasteiger partial charge on any atom is -0.383 e. The van der Waals surface area contributed by atoms with Gasteiger partial charge in [-0.3, -0.25) is 0 Å². The lowest BCUT2D eigenvalue weighted by molar-refractivity contribution is 0.435. The zero-order chi connectivity index (χ0) is 21.5. The van der Waals surface area contributed by atoms with E-state index in [9.17, 15) is 0 Å². The Morgan fingerprint density at radius 2 is 1.72 bits per heavy atom. The normalized spacial score (nSPS) is 15.1. The molecule has 0 saturated carbocycles. The molecule has 2 heterocycles. The first kappa shape index (κ1) is 18.6. The predicted octanol–water partition coefficient (Wildman–Crippen LogP) is 5.69. The van der Waals surface area contributed by atoms with E-state index >= 15 is 0 Å². The molecule has 2 aromatic heterocycles. The molecule has 0 amide bonds. The van der Waals surface area contributed by atoms with Gasteiger partial charge in [0.1, 0.15) is 5.82 Å². The Morgan fingerprint density at radius 3 is 2.62 bits per heavy atom. The summed E-state index contributed by atoms with van der Waals surface area (Å²) in [6.07, 6.45) is 2.12. The summed E-state index contributed by atoms with van der Waals surface area (Å²) >= 11 is 0. The van der Waals surface area contributed by atoms with E-state index in [0.717, 1.165) is 40.6 Å². The van der Waals surface area contributed by atoms with Gasteiger partial charge in [0, 0.05) is 28.1 Å². The van der Waals surface area contributed by atoms with Crippen LogP contribution in [0.5, 0.6) is 0 Å². The molecule has 32 heavy (non-hydrogen) atoms. The van der Waals surface area contributed by atoms with Crippen molar-refractivity contribution in [3.63, 3.8) is 0 Å². The van der Waals surface area contributed by atoms with Gasteiger partial charge in [0.2, 0.25) is 5.82 Å². The Labute approximate surface area is 185 Å². The maximum atomic E-state index is 6.38. The molecular formula is C26H21N5O. The highest BCUT2D eigenvalue weighted by Crippen LogP contribution is 2.40. The second-order valence-electron chi connectivity index (χ2n) is 8.07. The molecule has 6 nitrogen and oxygen atoms in total. The molecule has 1 atom stereocenters. The third kappa shape index (κ3) is 3.26. The van der Waals surface area contributed by atoms with Gasteiger partial charge in [0.15, 0.2) is 0 Å². The van der Waals surface area contributed by atoms with Crippen LogP contribution >= 0.6 is 0 Å². The first-order valence-electron chi connectivity index (χ1n) is 10.7. The van der Waals surface area contributed by atoms with Gasteiger partial charge in [0.25, 0.3) is 0 Å². The van der Waals surface area contributed by atoms with Crippen LogP contribution in [0.15, 0.2) is 83.4 Å². The number of pyridine rings is 1. The van der Waals surface area contributed by atoms with Gasteiger partial charge in [-0.1, -0.05) is 59.8 Å². The number of anilines is 3. The summed E-state index contributed by atoms with van der Waals surface area (Å²) < 4.78 is 5.39. The predicted molar refractivity (Wildman–Crippen MR) is 126 cm³/mol. The van der Waals surface area contributed by atoms with Crippen molar-refractivity contribution in [3.8, 4) is 11.4 Å². The fraction of sp³-hybridized carbons (Fsp3) is 0.115. The van der Waals surface area contributed by atoms with Crippen LogP contribution in [0.3, 0.4) is 0 Å². The number of aryl methyl sites for hydroxylation is 1. The summed E-state index contributed by atoms with van der Waals surface area (Å²) in [4.78, 5) is 9.13. The van der Waals surface area contributed by atoms with Crippen LogP contribution in [0.4, 0.5) is 17.5 Å². The SMILES string of the molecule is Nc1nc2ccc(Nc3nc(-c4ccccc4)no3)cc2cc1[C@@H]1CCc2ccccc21. The van der Waals surface area contributed by atoms with E-state index in [1.54, 1.807) is 0 Å². The van der Waals surface area contributed by atoms with Crippen LogP contribution in [0, 0.1) is 0 Å². The lowest BCUT2D eigenvalue weighted by Crippen LogP contribution is -2.04. The van der Waals surface area contributed by atoms with E-state index in [1.165, 1.54) is 11.1 Å². The van der Waals surface area contributed by atoms with Crippen molar-refractivity contribution in [1.29, 1.82) is 0 Å². The molecule has 0 saturated heterocycles. The van der Waals surface area contributed by atoms with Crippen molar-refractivity contribution >= 4 is 28.4 Å². The minimum atomic E-state index is 0.282. The standard InChI is InChI=1S/C26H21N5O/c27-24-22(21-12-10-16-6-4-5-9-20(16)21)15-18-14-19(11-13-23(18)29-24)28-26-30-25(31-32-26)17-7-2-1-3-8-17/h1-9,11,13-15,21H,10,12H2,(H2,27,29)(H,28,30,31)/t21-/m1/s1. The highest BCUT2D eigenvalue weighted by Gasteiger charge is 2.26. The van der Waals surface area contributed by atoms with Crippen molar-refractivity contribution in [3.05, 3.63) is 95.6 Å². The number of nitrogen functional groups attached to an aromatic ring is 1. The molecule has 0 bridgehead atoms. The number of nitrogens with two attached hydrogens (primary N) is 1. The number of aromatic nitrogens is 3. The largest absolute Gasteiger partial charge is 0.383 e. The quantitative estimate of drug-likeness (QED) is 0.389. The van der Waals surface area contributed by atoms with Crippen LogP contribution < -0.4 is 11.1 Å². The first-order valence-corrected chi connectivity index (χ1v) is 10.7. The number of rotatable bonds is 4. The molecule has 5 aromatic rings. The molecule has 3 N–H and O–H groups in total. The average molecular weight is 419 g/mol. The van der Waals surface area contributed by atoms with Crippen molar-refractivity contribution in [2.24, 2.45) is 0 Å². The summed E-state index contributed by atoms with van der Waals surface area (Å²) in [5.41, 5.74) is 12.8. The van der Waals surface area contributed by atoms with E-state index in [-0.39, 0.29) is 5.92 Å². The highest BCUT2D eigenvalue weighted by molar-refractivity contribution is 5.85. The van der Waals surface area contributed by atoms with E-state index in [4.69, 9.17) is 10.3 Å². The Bertz CT molecular complexity index is 1430. The topological polar surface area (TPSA) is 89.9 Å². The molecule has 0 unspecified atom stereocenters. The molecule has 0 fully saturated rings. The molecule has 0 aliphatic heterocycles. The Kier molecular flexibility index (Phi) is 4.35. The fourth-order valence-electron chi connectivity index (χ4n) is 4.55. The molecule has 0 radical (unpaired) electrons. The third-order valence-electron chi connectivity index (χ3n) is 6.09. The minimum absolute atomic E-state index is 0.282. The summed E-state index contributed by atoms with van der Waals surface area (Å²) in [7, 11) is 0. The van der Waals surface area contributed by atoms with Gasteiger partial charge < -0.3 is 15.6 Å². The number of benzene rings is 3. The summed E-state index contributed by atoms with van der Waals surface area (Å²) in [6.45, 7) is 0. The lowest BCUT2D eigenvalue weighted by Gasteiger charge is -2.15. The maximum absolute atomic E-state index is 6.38. The van der Waals surface area contributed by atoms with Gasteiger partial charge in [-0.15, -0.1) is 0 Å². The van der Waals surface area contributed by atoms with Crippen molar-refractivity contribution in [2.75, 3.05) is 11.1 Å². The number of hydrogen-bond acceptors (Lipinski definition) is 6. The Morgan fingerprint density at radius 1 is 0.875 bits per heavy atom. The van der Waals surface area contributed by atoms with Crippen LogP contribution in [-0.2, 0) is 6.42 Å². The van der Waals surface area contributed by atoms with Crippen LogP contribution in [-0.4, -0.2) is 15.1 Å². The Balaban J connectivity index is 1.32. The van der Waals surface area contributed by atoms with Crippen molar-refractivity contribution in [2.45, 2.75) is 18.8 Å². The molecular weight excluding hydrogens is 398 g/mol. The van der Waals surface area contributed by atoms with Crippen LogP contribution in [0.2, 0.25) is 0 Å². The van der Waals surface area contributed by atoms with Gasteiger partial charge >= 0.3 is 6.01 Å². The third-order valence-corrected chi connectivity index (χ3v) is 6.09. The molecule has 0 spiro atoms. The van der Waals surface area contributed by atoms with Crippen LogP contribution in [0.25, 0.3) is 22.3 Å². The van der Waals surface area contributed by atoms with Crippen LogP contribution in [0.1, 0.15) is 29.0 Å². The molecule has 1 aliphatic carbocycles. The van der Waals surface area contributed by atoms with Gasteiger partial charge in [-0.05, 0) is 48.2 Å². The number of hydrogen-bond donors (Lipinski definition) is 2. The molecule has 3 aromatic carbocycles. The smallest absolute Gasteiger partial charge is 0.326 e. The highest BCUT2D eigenvalue weighted by atomic mass is 16.5. The number of nitrogens with one attached hydrogen (secondary N) is 1. The lowest BCUT2D eigenvalue weighted by atomic mass is 9.92. The van der Waals surface area contributed by atoms with E-state index in [0.29, 0.717) is 17.7 Å². The van der Waals surface area contributed by atoms with Gasteiger partial charge in [0.05, 0.1) is 5.52 Å². The van der Waals surface area contributed by atoms with E-state index in [1.807, 2.05) is 48.5 Å². The maximum Gasteiger partial charge on any atom is 0.326 e. The molecule has 6 heteroatoms. The van der Waals surface area contributed by atoms with E-state index in [2.05, 4.69) is 50.8 Å². The second-order valence-corrected chi connectivity index (χ2v) is 8.07. The molecule has 156 valence electrons. The van der Waals surface area contributed by atoms with Crippen molar-refractivity contribution < 1.29 is 4.52 Å². The summed E-state index contributed by atoms with van der Waals surface area (Å²) in [5, 5.41) is 8.29. The number of nitrogens with zero attached hydrogens (tertiary/aromatic N) is 3. The zero-order valence-electron chi connectivity index (χ0n) is 17.3. The fourth-order valence-corrected chi connectivity index (χ4v) is 4.55. The summed E-state index contributed by atoms with van der Waals surface area (Å²) in [5.74, 6) is 1.43. The average Bonchev–Trinajstić information content (AvgIpc) is 3.47. The Hall–Kier alpha value is -4.19. The monoisotopic (exact) mass is 419 g/mol. The zero-order valence-corrected chi connectivity index (χ0v) is 17.3. The van der Waals surface area contributed by atoms with Crippen molar-refractivity contribution in [1.82, 2.24) is 15.1 Å². The molecule has 6 rings (SSSR count). The second kappa shape index (κ2) is 7.50. The van der Waals surface area contributed by atoms with E-state index < -0.39 is 0 Å². The first-order chi connectivity index (χ1) is 15.7. The number of fused-ring (bicyclic) bond motifs is 2. The van der Waals surface area contributed by atoms with Gasteiger partial charge in [-0.2, -0.15) is 4.98 Å². The molecule has 1 aliphatic rings. The summed E-state index contributed by atoms with van der Waals surface area (Å²) in [6, 6.07) is 26.8. The van der Waals surface area contributed by atoms with Gasteiger partial charge in [-0.25, -0.2) is 4.98 Å².